The molecule has 1 aliphatic heterocycles. The van der Waals surface area contributed by atoms with Crippen molar-refractivity contribution in [2.24, 2.45) is 5.73 Å². The fourth-order valence-electron chi connectivity index (χ4n) is 2.95. The number of ether oxygens (including phenoxy) is 1. The summed E-state index contributed by atoms with van der Waals surface area (Å²) in [7, 11) is 0. The first-order chi connectivity index (χ1) is 9.65. The molecule has 1 unspecified atom stereocenters. The Morgan fingerprint density at radius 2 is 1.90 bits per heavy atom. The van der Waals surface area contributed by atoms with Gasteiger partial charge in [-0.1, -0.05) is 30.3 Å². The van der Waals surface area contributed by atoms with E-state index in [1.165, 1.54) is 27.8 Å². The number of hydrogen-bond donors (Lipinski definition) is 1. The Hall–Kier alpha value is -1.80. The lowest BCUT2D eigenvalue weighted by Crippen LogP contribution is -2.15. The van der Waals surface area contributed by atoms with Crippen LogP contribution in [0, 0.1) is 13.8 Å². The average Bonchev–Trinajstić information content (AvgIpc) is 2.90. The van der Waals surface area contributed by atoms with Gasteiger partial charge in [-0.15, -0.1) is 0 Å². The molecule has 0 amide bonds. The summed E-state index contributed by atoms with van der Waals surface area (Å²) in [4.78, 5) is 0. The zero-order valence-corrected chi connectivity index (χ0v) is 12.1. The molecule has 2 heteroatoms. The Morgan fingerprint density at radius 3 is 2.65 bits per heavy atom. The minimum Gasteiger partial charge on any atom is -0.493 e. The maximum Gasteiger partial charge on any atom is 0.122 e. The predicted octanol–water partition coefficient (Wildman–Crippen LogP) is 3.48. The van der Waals surface area contributed by atoms with Gasteiger partial charge in [-0.05, 0) is 54.2 Å². The van der Waals surface area contributed by atoms with E-state index in [1.807, 2.05) is 0 Å². The van der Waals surface area contributed by atoms with E-state index in [-0.39, 0.29) is 6.04 Å². The number of fused-ring (bicyclic) bond motifs is 1. The van der Waals surface area contributed by atoms with Gasteiger partial charge in [0.05, 0.1) is 6.61 Å². The van der Waals surface area contributed by atoms with E-state index in [9.17, 15) is 0 Å². The summed E-state index contributed by atoms with van der Waals surface area (Å²) in [5.74, 6) is 1.02. The first-order valence-corrected chi connectivity index (χ1v) is 7.21. The van der Waals surface area contributed by atoms with Gasteiger partial charge in [0.25, 0.3) is 0 Å². The van der Waals surface area contributed by atoms with Crippen LogP contribution in [0.3, 0.4) is 0 Å². The fourth-order valence-corrected chi connectivity index (χ4v) is 2.95. The van der Waals surface area contributed by atoms with E-state index >= 15 is 0 Å². The third-order valence-electron chi connectivity index (χ3n) is 4.21. The minimum atomic E-state index is 0.0423. The molecule has 0 radical (unpaired) electrons. The van der Waals surface area contributed by atoms with Gasteiger partial charge >= 0.3 is 0 Å². The molecular weight excluding hydrogens is 246 g/mol. The van der Waals surface area contributed by atoms with Gasteiger partial charge in [0.15, 0.2) is 0 Å². The van der Waals surface area contributed by atoms with Crippen LogP contribution in [0.1, 0.15) is 33.9 Å². The van der Waals surface area contributed by atoms with Crippen molar-refractivity contribution in [3.63, 3.8) is 0 Å². The minimum absolute atomic E-state index is 0.0423. The van der Waals surface area contributed by atoms with Crippen LogP contribution in [0.5, 0.6) is 5.75 Å². The van der Waals surface area contributed by atoms with Crippen molar-refractivity contribution >= 4 is 0 Å². The monoisotopic (exact) mass is 267 g/mol. The third kappa shape index (κ3) is 2.44. The van der Waals surface area contributed by atoms with Crippen LogP contribution in [0.2, 0.25) is 0 Å². The lowest BCUT2D eigenvalue weighted by atomic mass is 9.92. The topological polar surface area (TPSA) is 35.2 Å². The Kier molecular flexibility index (Phi) is 3.49. The number of benzene rings is 2. The van der Waals surface area contributed by atoms with Gasteiger partial charge in [0.1, 0.15) is 5.75 Å². The lowest BCUT2D eigenvalue weighted by Gasteiger charge is -2.16. The van der Waals surface area contributed by atoms with Crippen molar-refractivity contribution in [1.29, 1.82) is 0 Å². The number of aryl methyl sites for hydroxylation is 2. The summed E-state index contributed by atoms with van der Waals surface area (Å²) < 4.78 is 5.55. The van der Waals surface area contributed by atoms with Crippen molar-refractivity contribution in [3.8, 4) is 5.75 Å². The highest BCUT2D eigenvalue weighted by Gasteiger charge is 2.16. The van der Waals surface area contributed by atoms with Gasteiger partial charge in [0.2, 0.25) is 0 Å². The van der Waals surface area contributed by atoms with E-state index in [2.05, 4.69) is 50.2 Å². The lowest BCUT2D eigenvalue weighted by molar-refractivity contribution is 0.357. The van der Waals surface area contributed by atoms with Crippen molar-refractivity contribution < 1.29 is 4.74 Å². The van der Waals surface area contributed by atoms with Crippen LogP contribution >= 0.6 is 0 Å². The molecule has 0 aliphatic carbocycles. The Balaban J connectivity index is 1.84. The van der Waals surface area contributed by atoms with Crippen LogP contribution in [0.4, 0.5) is 0 Å². The SMILES string of the molecule is Cc1cccc(C)c1CC(N)c1ccc2c(c1)CCO2. The molecular formula is C18H21NO. The molecule has 104 valence electrons. The van der Waals surface area contributed by atoms with Crippen molar-refractivity contribution in [2.45, 2.75) is 32.7 Å². The molecule has 1 atom stereocenters. The molecule has 2 N–H and O–H groups in total. The Morgan fingerprint density at radius 1 is 1.15 bits per heavy atom. The predicted molar refractivity (Wildman–Crippen MR) is 82.2 cm³/mol. The van der Waals surface area contributed by atoms with Crippen LogP contribution in [-0.4, -0.2) is 6.61 Å². The molecule has 0 saturated carbocycles. The zero-order chi connectivity index (χ0) is 14.1. The largest absolute Gasteiger partial charge is 0.493 e. The van der Waals surface area contributed by atoms with Gasteiger partial charge in [-0.2, -0.15) is 0 Å². The van der Waals surface area contributed by atoms with E-state index in [0.717, 1.165) is 25.2 Å². The Bertz CT molecular complexity index is 613. The molecule has 3 rings (SSSR count). The number of hydrogen-bond acceptors (Lipinski definition) is 2. The summed E-state index contributed by atoms with van der Waals surface area (Å²) in [5, 5.41) is 0. The summed E-state index contributed by atoms with van der Waals surface area (Å²) >= 11 is 0. The molecule has 0 bridgehead atoms. The number of rotatable bonds is 3. The maximum atomic E-state index is 6.42. The smallest absolute Gasteiger partial charge is 0.122 e. The molecule has 0 fully saturated rings. The van der Waals surface area contributed by atoms with Crippen LogP contribution in [0.25, 0.3) is 0 Å². The van der Waals surface area contributed by atoms with Crippen molar-refractivity contribution in [1.82, 2.24) is 0 Å². The van der Waals surface area contributed by atoms with Gasteiger partial charge in [-0.25, -0.2) is 0 Å². The molecule has 2 aromatic rings. The average molecular weight is 267 g/mol. The highest BCUT2D eigenvalue weighted by molar-refractivity contribution is 5.42. The van der Waals surface area contributed by atoms with Crippen LogP contribution in [-0.2, 0) is 12.8 Å². The first kappa shape index (κ1) is 13.2. The molecule has 0 saturated heterocycles. The van der Waals surface area contributed by atoms with Gasteiger partial charge in [0, 0.05) is 12.5 Å². The maximum absolute atomic E-state index is 6.42. The summed E-state index contributed by atoms with van der Waals surface area (Å²) in [6, 6.07) is 12.8. The fraction of sp³-hybridized carbons (Fsp3) is 0.333. The van der Waals surface area contributed by atoms with E-state index in [4.69, 9.17) is 10.5 Å². The van der Waals surface area contributed by atoms with Crippen LogP contribution in [0.15, 0.2) is 36.4 Å². The van der Waals surface area contributed by atoms with Crippen LogP contribution < -0.4 is 10.5 Å². The summed E-state index contributed by atoms with van der Waals surface area (Å²) in [6.45, 7) is 5.11. The quantitative estimate of drug-likeness (QED) is 0.924. The van der Waals surface area contributed by atoms with Crippen molar-refractivity contribution in [3.05, 3.63) is 64.2 Å². The van der Waals surface area contributed by atoms with E-state index in [0.29, 0.717) is 0 Å². The molecule has 2 aromatic carbocycles. The van der Waals surface area contributed by atoms with E-state index < -0.39 is 0 Å². The molecule has 0 spiro atoms. The second-order valence-corrected chi connectivity index (χ2v) is 5.65. The summed E-state index contributed by atoms with van der Waals surface area (Å²) in [6.07, 6.45) is 1.89. The molecule has 0 aromatic heterocycles. The van der Waals surface area contributed by atoms with E-state index in [1.54, 1.807) is 0 Å². The second kappa shape index (κ2) is 5.29. The number of nitrogens with two attached hydrogens (primary N) is 1. The third-order valence-corrected chi connectivity index (χ3v) is 4.21. The normalized spacial score (nSPS) is 14.8. The standard InChI is InChI=1S/C18H21NO/c1-12-4-3-5-13(2)16(12)11-17(19)14-6-7-18-15(10-14)8-9-20-18/h3-7,10,17H,8-9,11,19H2,1-2H3. The molecule has 1 aliphatic rings. The summed E-state index contributed by atoms with van der Waals surface area (Å²) in [5.41, 5.74) is 12.9. The van der Waals surface area contributed by atoms with Gasteiger partial charge < -0.3 is 10.5 Å². The molecule has 20 heavy (non-hydrogen) atoms. The molecule has 2 nitrogen and oxygen atoms in total. The second-order valence-electron chi connectivity index (χ2n) is 5.65. The highest BCUT2D eigenvalue weighted by Crippen LogP contribution is 2.29. The molecule has 1 heterocycles. The van der Waals surface area contributed by atoms with Gasteiger partial charge in [-0.3, -0.25) is 0 Å². The Labute approximate surface area is 120 Å². The van der Waals surface area contributed by atoms with Crippen molar-refractivity contribution in [2.75, 3.05) is 6.61 Å². The highest BCUT2D eigenvalue weighted by atomic mass is 16.5. The first-order valence-electron chi connectivity index (χ1n) is 7.21. The zero-order valence-electron chi connectivity index (χ0n) is 12.1.